The highest BCUT2D eigenvalue weighted by molar-refractivity contribution is 5.74. The average Bonchev–Trinajstić information content (AvgIpc) is 2.83. The topological polar surface area (TPSA) is 59.4 Å². The molecular weight excluding hydrogens is 202 g/mol. The van der Waals surface area contributed by atoms with Gasteiger partial charge < -0.3 is 4.98 Å². The minimum atomic E-state index is 0.723. The molecule has 0 radical (unpaired) electrons. The summed E-state index contributed by atoms with van der Waals surface area (Å²) < 4.78 is 1.83. The van der Waals surface area contributed by atoms with Crippen LogP contribution in [0, 0.1) is 6.92 Å². The van der Waals surface area contributed by atoms with Crippen LogP contribution < -0.4 is 0 Å². The van der Waals surface area contributed by atoms with Gasteiger partial charge in [0.15, 0.2) is 11.5 Å². The zero-order chi connectivity index (χ0) is 11.1. The number of rotatable bonds is 1. The van der Waals surface area contributed by atoms with Gasteiger partial charge in [-0.3, -0.25) is 4.68 Å². The van der Waals surface area contributed by atoms with Crippen LogP contribution in [0.4, 0.5) is 0 Å². The molecule has 0 spiro atoms. The fourth-order valence-corrected chi connectivity index (χ4v) is 1.64. The molecule has 1 N–H and O–H groups in total. The summed E-state index contributed by atoms with van der Waals surface area (Å²) in [6.07, 6.45) is 1.73. The van der Waals surface area contributed by atoms with Crippen molar-refractivity contribution >= 4 is 11.2 Å². The lowest BCUT2D eigenvalue weighted by Crippen LogP contribution is -1.92. The Bertz CT molecular complexity index is 597. The summed E-state index contributed by atoms with van der Waals surface area (Å²) in [4.78, 5) is 11.8. The van der Waals surface area contributed by atoms with E-state index in [1.54, 1.807) is 6.20 Å². The molecule has 0 saturated heterocycles. The smallest absolute Gasteiger partial charge is 0.178 e. The minimum absolute atomic E-state index is 0.723. The number of nitrogens with one attached hydrogen (secondary N) is 1. The Morgan fingerprint density at radius 2 is 2.25 bits per heavy atom. The molecule has 0 aliphatic rings. The van der Waals surface area contributed by atoms with E-state index in [-0.39, 0.29) is 0 Å². The van der Waals surface area contributed by atoms with Crippen LogP contribution in [0.2, 0.25) is 0 Å². The van der Waals surface area contributed by atoms with Crippen molar-refractivity contribution < 1.29 is 0 Å². The van der Waals surface area contributed by atoms with Gasteiger partial charge in [-0.25, -0.2) is 9.97 Å². The zero-order valence-corrected chi connectivity index (χ0v) is 9.10. The van der Waals surface area contributed by atoms with Crippen molar-refractivity contribution in [1.82, 2.24) is 24.7 Å². The Kier molecular flexibility index (Phi) is 1.80. The number of fused-ring (bicyclic) bond motifs is 1. The lowest BCUT2D eigenvalue weighted by Gasteiger charge is -1.89. The summed E-state index contributed by atoms with van der Waals surface area (Å²) in [5.74, 6) is 0.761. The maximum absolute atomic E-state index is 4.39. The Hall–Kier alpha value is -2.17. The van der Waals surface area contributed by atoms with Gasteiger partial charge in [0, 0.05) is 18.9 Å². The molecule has 3 aromatic rings. The third kappa shape index (κ3) is 1.29. The minimum Gasteiger partial charge on any atom is -0.335 e. The number of pyridine rings is 1. The van der Waals surface area contributed by atoms with Gasteiger partial charge in [-0.2, -0.15) is 5.10 Å². The second-order valence-electron chi connectivity index (χ2n) is 3.75. The molecule has 0 aliphatic heterocycles. The third-order valence-electron chi connectivity index (χ3n) is 2.61. The standard InChI is InChI=1S/C11H11N5/c1-7-6-9(15-16(7)2)11-13-8-4-3-5-12-10(8)14-11/h3-6H,1-2H3,(H,12,13,14). The van der Waals surface area contributed by atoms with E-state index < -0.39 is 0 Å². The van der Waals surface area contributed by atoms with E-state index in [1.807, 2.05) is 36.9 Å². The molecule has 16 heavy (non-hydrogen) atoms. The number of aromatic nitrogens is 5. The fraction of sp³-hybridized carbons (Fsp3) is 0.182. The zero-order valence-electron chi connectivity index (χ0n) is 9.10. The number of hydrogen-bond acceptors (Lipinski definition) is 3. The van der Waals surface area contributed by atoms with Crippen molar-refractivity contribution in [2.24, 2.45) is 7.05 Å². The molecule has 80 valence electrons. The van der Waals surface area contributed by atoms with E-state index in [4.69, 9.17) is 0 Å². The van der Waals surface area contributed by atoms with Crippen molar-refractivity contribution in [2.75, 3.05) is 0 Å². The molecule has 3 aromatic heterocycles. The van der Waals surface area contributed by atoms with Gasteiger partial charge in [0.2, 0.25) is 0 Å². The molecule has 0 bridgehead atoms. The first-order valence-corrected chi connectivity index (χ1v) is 5.06. The van der Waals surface area contributed by atoms with Crippen LogP contribution in [-0.2, 0) is 7.05 Å². The Labute approximate surface area is 92.2 Å². The summed E-state index contributed by atoms with van der Waals surface area (Å²) >= 11 is 0. The predicted octanol–water partition coefficient (Wildman–Crippen LogP) is 1.67. The summed E-state index contributed by atoms with van der Waals surface area (Å²) in [7, 11) is 1.92. The Morgan fingerprint density at radius 1 is 1.38 bits per heavy atom. The van der Waals surface area contributed by atoms with E-state index in [0.29, 0.717) is 0 Å². The molecule has 0 aliphatic carbocycles. The van der Waals surface area contributed by atoms with E-state index in [0.717, 1.165) is 28.4 Å². The quantitative estimate of drug-likeness (QED) is 0.668. The van der Waals surface area contributed by atoms with Crippen LogP contribution >= 0.6 is 0 Å². The molecule has 3 rings (SSSR count). The van der Waals surface area contributed by atoms with Gasteiger partial charge in [0.25, 0.3) is 0 Å². The van der Waals surface area contributed by atoms with E-state index in [1.165, 1.54) is 0 Å². The lowest BCUT2D eigenvalue weighted by molar-refractivity contribution is 0.741. The lowest BCUT2D eigenvalue weighted by atomic mass is 10.3. The monoisotopic (exact) mass is 213 g/mol. The highest BCUT2D eigenvalue weighted by atomic mass is 15.3. The molecule has 0 saturated carbocycles. The first kappa shape index (κ1) is 9.08. The number of aryl methyl sites for hydroxylation is 2. The van der Waals surface area contributed by atoms with Crippen molar-refractivity contribution in [1.29, 1.82) is 0 Å². The maximum atomic E-state index is 4.39. The first-order valence-electron chi connectivity index (χ1n) is 5.06. The molecule has 0 unspecified atom stereocenters. The molecule has 0 amide bonds. The number of nitrogens with zero attached hydrogens (tertiary/aromatic N) is 4. The average molecular weight is 213 g/mol. The van der Waals surface area contributed by atoms with Crippen LogP contribution in [0.3, 0.4) is 0 Å². The fourth-order valence-electron chi connectivity index (χ4n) is 1.64. The number of H-pyrrole nitrogens is 1. The molecule has 5 heteroatoms. The van der Waals surface area contributed by atoms with E-state index >= 15 is 0 Å². The van der Waals surface area contributed by atoms with E-state index in [9.17, 15) is 0 Å². The predicted molar refractivity (Wildman–Crippen MR) is 60.8 cm³/mol. The second-order valence-corrected chi connectivity index (χ2v) is 3.75. The summed E-state index contributed by atoms with van der Waals surface area (Å²) in [6, 6.07) is 5.83. The van der Waals surface area contributed by atoms with Crippen LogP contribution in [0.1, 0.15) is 5.69 Å². The van der Waals surface area contributed by atoms with Crippen molar-refractivity contribution in [3.8, 4) is 11.5 Å². The van der Waals surface area contributed by atoms with Gasteiger partial charge in [0.1, 0.15) is 5.69 Å². The second kappa shape index (κ2) is 3.16. The van der Waals surface area contributed by atoms with Gasteiger partial charge in [-0.05, 0) is 25.1 Å². The normalized spacial score (nSPS) is 11.1. The van der Waals surface area contributed by atoms with Crippen molar-refractivity contribution in [3.05, 3.63) is 30.1 Å². The molecule has 3 heterocycles. The van der Waals surface area contributed by atoms with Crippen LogP contribution in [-0.4, -0.2) is 24.7 Å². The number of imidazole rings is 1. The molecule has 0 fully saturated rings. The third-order valence-corrected chi connectivity index (χ3v) is 2.61. The van der Waals surface area contributed by atoms with Crippen LogP contribution in [0.5, 0.6) is 0 Å². The maximum Gasteiger partial charge on any atom is 0.178 e. The summed E-state index contributed by atoms with van der Waals surface area (Å²) in [5.41, 5.74) is 3.60. The van der Waals surface area contributed by atoms with Gasteiger partial charge in [0.05, 0.1) is 5.52 Å². The summed E-state index contributed by atoms with van der Waals surface area (Å²) in [6.45, 7) is 2.01. The van der Waals surface area contributed by atoms with Gasteiger partial charge in [-0.15, -0.1) is 0 Å². The van der Waals surface area contributed by atoms with Crippen molar-refractivity contribution in [3.63, 3.8) is 0 Å². The Morgan fingerprint density at radius 3 is 2.94 bits per heavy atom. The van der Waals surface area contributed by atoms with Gasteiger partial charge in [-0.1, -0.05) is 0 Å². The number of aromatic amines is 1. The van der Waals surface area contributed by atoms with Gasteiger partial charge >= 0.3 is 0 Å². The molecule has 5 nitrogen and oxygen atoms in total. The largest absolute Gasteiger partial charge is 0.335 e. The molecule has 0 aromatic carbocycles. The van der Waals surface area contributed by atoms with Crippen molar-refractivity contribution in [2.45, 2.75) is 6.92 Å². The van der Waals surface area contributed by atoms with E-state index in [2.05, 4.69) is 20.1 Å². The number of hydrogen-bond donors (Lipinski definition) is 1. The highest BCUT2D eigenvalue weighted by Crippen LogP contribution is 2.18. The SMILES string of the molecule is Cc1cc(-c2nc3ncccc3[nH]2)nn1C. The first-order chi connectivity index (χ1) is 7.74. The summed E-state index contributed by atoms with van der Waals surface area (Å²) in [5, 5.41) is 4.37. The molecular formula is C11H11N5. The van der Waals surface area contributed by atoms with Crippen LogP contribution in [0.25, 0.3) is 22.7 Å². The molecule has 0 atom stereocenters. The van der Waals surface area contributed by atoms with Crippen LogP contribution in [0.15, 0.2) is 24.4 Å². The highest BCUT2D eigenvalue weighted by Gasteiger charge is 2.09. The Balaban J connectivity index is 2.18.